The summed E-state index contributed by atoms with van der Waals surface area (Å²) in [6, 6.07) is 0.425. The van der Waals surface area contributed by atoms with Crippen molar-refractivity contribution < 1.29 is 4.79 Å². The first-order valence-electron chi connectivity index (χ1n) is 5.01. The van der Waals surface area contributed by atoms with Crippen LogP contribution in [-0.2, 0) is 11.2 Å². The fourth-order valence-electron chi connectivity index (χ4n) is 1.72. The first kappa shape index (κ1) is 9.80. The molecule has 3 nitrogen and oxygen atoms in total. The number of carbonyl (C=O) groups excluding carboxylic acids is 1. The van der Waals surface area contributed by atoms with E-state index in [2.05, 4.69) is 10.3 Å². The van der Waals surface area contributed by atoms with E-state index in [1.807, 2.05) is 5.38 Å². The van der Waals surface area contributed by atoms with Crippen molar-refractivity contribution in [3.8, 4) is 0 Å². The van der Waals surface area contributed by atoms with Gasteiger partial charge in [-0.3, -0.25) is 0 Å². The molecule has 14 heavy (non-hydrogen) atoms. The fraction of sp³-hybridized carbons (Fsp3) is 0.600. The van der Waals surface area contributed by atoms with Crippen LogP contribution in [0.2, 0.25) is 0 Å². The molecule has 0 aliphatic carbocycles. The van der Waals surface area contributed by atoms with E-state index in [4.69, 9.17) is 0 Å². The molecule has 0 aromatic carbocycles. The summed E-state index contributed by atoms with van der Waals surface area (Å²) in [7, 11) is 0. The molecular formula is C10H14N2OS. The first-order valence-corrected chi connectivity index (χ1v) is 5.89. The molecule has 1 aromatic rings. The summed E-state index contributed by atoms with van der Waals surface area (Å²) >= 11 is 1.66. The Hall–Kier alpha value is -0.740. The van der Waals surface area contributed by atoms with Crippen molar-refractivity contribution in [3.63, 3.8) is 0 Å². The maximum Gasteiger partial charge on any atom is 0.125 e. The number of carbonyl (C=O) groups is 1. The predicted molar refractivity (Wildman–Crippen MR) is 56.5 cm³/mol. The average molecular weight is 210 g/mol. The number of nitrogens with one attached hydrogen (secondary N) is 1. The van der Waals surface area contributed by atoms with Gasteiger partial charge >= 0.3 is 0 Å². The van der Waals surface area contributed by atoms with Crippen molar-refractivity contribution in [1.29, 1.82) is 0 Å². The minimum Gasteiger partial charge on any atom is -0.308 e. The van der Waals surface area contributed by atoms with E-state index < -0.39 is 0 Å². The van der Waals surface area contributed by atoms with E-state index in [1.54, 1.807) is 11.3 Å². The topological polar surface area (TPSA) is 42.0 Å². The van der Waals surface area contributed by atoms with Crippen LogP contribution in [0.15, 0.2) is 5.38 Å². The molecule has 2 rings (SSSR count). The number of rotatable bonds is 3. The van der Waals surface area contributed by atoms with Crippen LogP contribution in [0.4, 0.5) is 0 Å². The second-order valence-corrected chi connectivity index (χ2v) is 4.44. The van der Waals surface area contributed by atoms with Crippen LogP contribution in [0, 0.1) is 0 Å². The lowest BCUT2D eigenvalue weighted by Crippen LogP contribution is -2.26. The number of aldehydes is 1. The Bertz CT molecular complexity index is 305. The lowest BCUT2D eigenvalue weighted by atomic mass is 10.1. The molecule has 1 aliphatic heterocycles. The van der Waals surface area contributed by atoms with Crippen LogP contribution in [0.5, 0.6) is 0 Å². The van der Waals surface area contributed by atoms with Gasteiger partial charge in [-0.1, -0.05) is 6.42 Å². The molecule has 1 N–H and O–H groups in total. The molecule has 1 aliphatic rings. The summed E-state index contributed by atoms with van der Waals surface area (Å²) in [4.78, 5) is 14.8. The molecule has 0 amide bonds. The van der Waals surface area contributed by atoms with Gasteiger partial charge in [0.1, 0.15) is 11.3 Å². The molecule has 0 spiro atoms. The van der Waals surface area contributed by atoms with E-state index in [-0.39, 0.29) is 0 Å². The van der Waals surface area contributed by atoms with E-state index >= 15 is 0 Å². The van der Waals surface area contributed by atoms with Crippen molar-refractivity contribution in [2.45, 2.75) is 31.7 Å². The van der Waals surface area contributed by atoms with Crippen molar-refractivity contribution in [2.75, 3.05) is 6.54 Å². The molecule has 0 saturated carbocycles. The summed E-state index contributed by atoms with van der Waals surface area (Å²) in [6.07, 6.45) is 5.08. The Balaban J connectivity index is 2.03. The second kappa shape index (κ2) is 4.66. The highest BCUT2D eigenvalue weighted by molar-refractivity contribution is 7.09. The predicted octanol–water partition coefficient (Wildman–Crippen LogP) is 1.70. The van der Waals surface area contributed by atoms with Crippen LogP contribution in [-0.4, -0.2) is 17.8 Å². The molecular weight excluding hydrogens is 196 g/mol. The number of piperidine rings is 1. The number of hydrogen-bond acceptors (Lipinski definition) is 4. The van der Waals surface area contributed by atoms with Crippen molar-refractivity contribution in [2.24, 2.45) is 0 Å². The molecule has 1 unspecified atom stereocenters. The number of aromatic nitrogens is 1. The summed E-state index contributed by atoms with van der Waals surface area (Å²) in [5.74, 6) is 0. The van der Waals surface area contributed by atoms with Crippen LogP contribution in [0.3, 0.4) is 0 Å². The number of nitrogens with zero attached hydrogens (tertiary/aromatic N) is 1. The molecule has 76 valence electrons. The molecule has 1 saturated heterocycles. The minimum atomic E-state index is 0.425. The van der Waals surface area contributed by atoms with Gasteiger partial charge in [0.15, 0.2) is 0 Å². The van der Waals surface area contributed by atoms with E-state index in [0.717, 1.165) is 23.5 Å². The van der Waals surface area contributed by atoms with Crippen molar-refractivity contribution in [1.82, 2.24) is 10.3 Å². The summed E-state index contributed by atoms with van der Waals surface area (Å²) in [6.45, 7) is 1.09. The summed E-state index contributed by atoms with van der Waals surface area (Å²) in [5.41, 5.74) is 0.910. The standard InChI is InChI=1S/C10H14N2OS/c13-6-4-8-7-14-10(12-8)9-3-1-2-5-11-9/h6-7,9,11H,1-5H2. The fourth-order valence-corrected chi connectivity index (χ4v) is 2.67. The lowest BCUT2D eigenvalue weighted by Gasteiger charge is -2.21. The lowest BCUT2D eigenvalue weighted by molar-refractivity contribution is -0.107. The Morgan fingerprint density at radius 1 is 1.64 bits per heavy atom. The molecule has 1 atom stereocenters. The van der Waals surface area contributed by atoms with Gasteiger partial charge in [0, 0.05) is 11.8 Å². The number of hydrogen-bond donors (Lipinski definition) is 1. The Kier molecular flexibility index (Phi) is 3.26. The average Bonchev–Trinajstić information content (AvgIpc) is 2.68. The van der Waals surface area contributed by atoms with Gasteiger partial charge in [0.25, 0.3) is 0 Å². The summed E-state index contributed by atoms with van der Waals surface area (Å²) in [5, 5.41) is 6.58. The first-order chi connectivity index (χ1) is 6.90. The molecule has 1 aromatic heterocycles. The molecule has 1 fully saturated rings. The van der Waals surface area contributed by atoms with Crippen molar-refractivity contribution in [3.05, 3.63) is 16.1 Å². The maximum absolute atomic E-state index is 10.3. The Morgan fingerprint density at radius 3 is 3.29 bits per heavy atom. The zero-order valence-corrected chi connectivity index (χ0v) is 8.85. The van der Waals surface area contributed by atoms with Gasteiger partial charge in [-0.15, -0.1) is 11.3 Å². The maximum atomic E-state index is 10.3. The van der Waals surface area contributed by atoms with E-state index in [1.165, 1.54) is 19.3 Å². The molecule has 4 heteroatoms. The molecule has 0 radical (unpaired) electrons. The van der Waals surface area contributed by atoms with Crippen LogP contribution < -0.4 is 5.32 Å². The van der Waals surface area contributed by atoms with Gasteiger partial charge in [-0.2, -0.15) is 0 Å². The third-order valence-electron chi connectivity index (χ3n) is 2.47. The second-order valence-electron chi connectivity index (χ2n) is 3.55. The summed E-state index contributed by atoms with van der Waals surface area (Å²) < 4.78 is 0. The smallest absolute Gasteiger partial charge is 0.125 e. The van der Waals surface area contributed by atoms with Crippen LogP contribution in [0.1, 0.15) is 36.0 Å². The normalized spacial score (nSPS) is 22.1. The molecule has 2 heterocycles. The van der Waals surface area contributed by atoms with Gasteiger partial charge in [0.05, 0.1) is 11.7 Å². The zero-order valence-electron chi connectivity index (χ0n) is 8.03. The monoisotopic (exact) mass is 210 g/mol. The van der Waals surface area contributed by atoms with E-state index in [9.17, 15) is 4.79 Å². The highest BCUT2D eigenvalue weighted by Gasteiger charge is 2.17. The highest BCUT2D eigenvalue weighted by Crippen LogP contribution is 2.25. The minimum absolute atomic E-state index is 0.425. The van der Waals surface area contributed by atoms with Gasteiger partial charge < -0.3 is 10.1 Å². The quantitative estimate of drug-likeness (QED) is 0.772. The Morgan fingerprint density at radius 2 is 2.57 bits per heavy atom. The molecule has 0 bridgehead atoms. The van der Waals surface area contributed by atoms with Gasteiger partial charge in [-0.05, 0) is 19.4 Å². The number of thiazole rings is 1. The SMILES string of the molecule is O=CCc1csc(C2CCCCN2)n1. The zero-order chi connectivity index (χ0) is 9.80. The van der Waals surface area contributed by atoms with Crippen LogP contribution in [0.25, 0.3) is 0 Å². The van der Waals surface area contributed by atoms with E-state index in [0.29, 0.717) is 12.5 Å². The largest absolute Gasteiger partial charge is 0.308 e. The Labute approximate surface area is 87.6 Å². The third-order valence-corrected chi connectivity index (χ3v) is 3.48. The van der Waals surface area contributed by atoms with Crippen LogP contribution >= 0.6 is 11.3 Å². The van der Waals surface area contributed by atoms with Crippen molar-refractivity contribution >= 4 is 17.6 Å². The van der Waals surface area contributed by atoms with Gasteiger partial charge in [0.2, 0.25) is 0 Å². The van der Waals surface area contributed by atoms with Gasteiger partial charge in [-0.25, -0.2) is 4.98 Å². The third kappa shape index (κ3) is 2.19. The highest BCUT2D eigenvalue weighted by atomic mass is 32.1.